The van der Waals surface area contributed by atoms with Gasteiger partial charge < -0.3 is 5.32 Å². The zero-order valence-electron chi connectivity index (χ0n) is 10.9. The van der Waals surface area contributed by atoms with Crippen LogP contribution in [0.4, 0.5) is 0 Å². The summed E-state index contributed by atoms with van der Waals surface area (Å²) < 4.78 is 5.17. The maximum atomic E-state index is 4.31. The summed E-state index contributed by atoms with van der Waals surface area (Å²) >= 11 is 3.35. The number of fused-ring (bicyclic) bond motifs is 1. The molecule has 1 N–H and O–H groups in total. The lowest BCUT2D eigenvalue weighted by atomic mass is 9.99. The summed E-state index contributed by atoms with van der Waals surface area (Å²) in [7, 11) is 2.06. The van der Waals surface area contributed by atoms with Crippen LogP contribution in [0.25, 0.3) is 0 Å². The molecule has 0 spiro atoms. The minimum absolute atomic E-state index is 0.396. The van der Waals surface area contributed by atoms with Gasteiger partial charge in [0.15, 0.2) is 4.34 Å². The minimum atomic E-state index is 0.396. The maximum absolute atomic E-state index is 4.31. The van der Waals surface area contributed by atoms with Crippen LogP contribution >= 0.6 is 23.3 Å². The van der Waals surface area contributed by atoms with Crippen molar-refractivity contribution < 1.29 is 0 Å². The smallest absolute Gasteiger partial charge is 0.170 e. The van der Waals surface area contributed by atoms with Crippen LogP contribution in [0, 0.1) is 0 Å². The molecule has 5 heteroatoms. The van der Waals surface area contributed by atoms with Crippen molar-refractivity contribution in [2.75, 3.05) is 7.05 Å². The highest BCUT2D eigenvalue weighted by atomic mass is 32.2. The Morgan fingerprint density at radius 3 is 3.05 bits per heavy atom. The molecular formula is C14H17N3S2. The molecule has 2 atom stereocenters. The van der Waals surface area contributed by atoms with Crippen LogP contribution in [0.2, 0.25) is 0 Å². The summed E-state index contributed by atoms with van der Waals surface area (Å²) in [5, 5.41) is 4.03. The largest absolute Gasteiger partial charge is 0.312 e. The Bertz CT molecular complexity index is 527. The zero-order valence-corrected chi connectivity index (χ0v) is 12.5. The summed E-state index contributed by atoms with van der Waals surface area (Å²) in [6.45, 7) is 0. The summed E-state index contributed by atoms with van der Waals surface area (Å²) in [5.41, 5.74) is 2.94. The number of nitrogens with one attached hydrogen (secondary N) is 1. The van der Waals surface area contributed by atoms with E-state index in [0.29, 0.717) is 11.3 Å². The summed E-state index contributed by atoms with van der Waals surface area (Å²) in [4.78, 5) is 4.31. The molecule has 0 amide bonds. The van der Waals surface area contributed by atoms with E-state index in [-0.39, 0.29) is 0 Å². The third-order valence-electron chi connectivity index (χ3n) is 3.60. The second-order valence-corrected chi connectivity index (χ2v) is 6.99. The van der Waals surface area contributed by atoms with E-state index in [1.807, 2.05) is 11.8 Å². The van der Waals surface area contributed by atoms with E-state index in [4.69, 9.17) is 0 Å². The van der Waals surface area contributed by atoms with E-state index in [9.17, 15) is 0 Å². The fourth-order valence-corrected chi connectivity index (χ4v) is 4.76. The summed E-state index contributed by atoms with van der Waals surface area (Å²) in [6, 6.07) is 9.20. The molecule has 0 radical (unpaired) electrons. The van der Waals surface area contributed by atoms with Crippen molar-refractivity contribution >= 4 is 23.3 Å². The third kappa shape index (κ3) is 2.83. The standard InChI is InChI=1S/C14H17N3S2/c1-15-13-11-7-3-2-5-10(11)6-4-8-12(13)18-14-16-9-17-19-14/h2-3,5,7,9,12-13,15H,4,6,8H2,1H3. The molecule has 1 heterocycles. The predicted octanol–water partition coefficient (Wildman–Crippen LogP) is 3.30. The van der Waals surface area contributed by atoms with E-state index < -0.39 is 0 Å². The quantitative estimate of drug-likeness (QED) is 0.881. The van der Waals surface area contributed by atoms with Crippen molar-refractivity contribution in [3.63, 3.8) is 0 Å². The molecule has 2 aromatic rings. The van der Waals surface area contributed by atoms with Gasteiger partial charge in [-0.15, -0.1) is 0 Å². The molecule has 1 aliphatic rings. The second kappa shape index (κ2) is 6.03. The Morgan fingerprint density at radius 2 is 2.26 bits per heavy atom. The molecule has 0 bridgehead atoms. The first-order valence-corrected chi connectivity index (χ1v) is 8.22. The zero-order chi connectivity index (χ0) is 13.1. The third-order valence-corrected chi connectivity index (χ3v) is 5.69. The number of aromatic nitrogens is 2. The van der Waals surface area contributed by atoms with Crippen LogP contribution in [0.3, 0.4) is 0 Å². The van der Waals surface area contributed by atoms with Crippen LogP contribution in [-0.4, -0.2) is 21.7 Å². The number of hydrogen-bond donors (Lipinski definition) is 1. The van der Waals surface area contributed by atoms with E-state index in [2.05, 4.69) is 46.0 Å². The van der Waals surface area contributed by atoms with Crippen molar-refractivity contribution in [3.05, 3.63) is 41.7 Å². The number of rotatable bonds is 3. The number of benzene rings is 1. The Hall–Kier alpha value is -0.910. The second-order valence-electron chi connectivity index (χ2n) is 4.72. The van der Waals surface area contributed by atoms with Crippen LogP contribution < -0.4 is 5.32 Å². The molecule has 0 saturated heterocycles. The fourth-order valence-electron chi connectivity index (χ4n) is 2.74. The first kappa shape index (κ1) is 13.1. The molecule has 0 saturated carbocycles. The average Bonchev–Trinajstić information content (AvgIpc) is 2.87. The molecule has 0 fully saturated rings. The molecule has 1 aliphatic carbocycles. The predicted molar refractivity (Wildman–Crippen MR) is 80.7 cm³/mol. The highest BCUT2D eigenvalue weighted by Crippen LogP contribution is 2.39. The lowest BCUT2D eigenvalue weighted by Gasteiger charge is -2.25. The first-order valence-electron chi connectivity index (χ1n) is 6.57. The van der Waals surface area contributed by atoms with Crippen LogP contribution in [-0.2, 0) is 6.42 Å². The van der Waals surface area contributed by atoms with E-state index in [1.54, 1.807) is 6.33 Å². The van der Waals surface area contributed by atoms with Crippen LogP contribution in [0.1, 0.15) is 30.0 Å². The first-order chi connectivity index (χ1) is 9.38. The Balaban J connectivity index is 1.88. The highest BCUT2D eigenvalue weighted by molar-refractivity contribution is 8.01. The number of hydrogen-bond acceptors (Lipinski definition) is 5. The van der Waals surface area contributed by atoms with E-state index >= 15 is 0 Å². The van der Waals surface area contributed by atoms with Gasteiger partial charge in [-0.05, 0) is 49.0 Å². The molecule has 1 aromatic heterocycles. The lowest BCUT2D eigenvalue weighted by Crippen LogP contribution is -2.26. The summed E-state index contributed by atoms with van der Waals surface area (Å²) in [6.07, 6.45) is 5.28. The number of aryl methyl sites for hydroxylation is 1. The van der Waals surface area contributed by atoms with Crippen molar-refractivity contribution in [2.45, 2.75) is 34.9 Å². The summed E-state index contributed by atoms with van der Waals surface area (Å²) in [5.74, 6) is 0. The van der Waals surface area contributed by atoms with Gasteiger partial charge in [-0.25, -0.2) is 4.98 Å². The van der Waals surface area contributed by atoms with Crippen molar-refractivity contribution in [1.82, 2.24) is 14.7 Å². The van der Waals surface area contributed by atoms with Crippen molar-refractivity contribution in [1.29, 1.82) is 0 Å². The topological polar surface area (TPSA) is 37.8 Å². The van der Waals surface area contributed by atoms with Gasteiger partial charge >= 0.3 is 0 Å². The molecule has 0 aliphatic heterocycles. The van der Waals surface area contributed by atoms with E-state index in [1.165, 1.54) is 41.9 Å². The number of thioether (sulfide) groups is 1. The van der Waals surface area contributed by atoms with Gasteiger partial charge in [0.25, 0.3) is 0 Å². The lowest BCUT2D eigenvalue weighted by molar-refractivity contribution is 0.548. The van der Waals surface area contributed by atoms with Gasteiger partial charge in [-0.3, -0.25) is 0 Å². The normalized spacial score (nSPS) is 22.8. The minimum Gasteiger partial charge on any atom is -0.312 e. The van der Waals surface area contributed by atoms with Gasteiger partial charge in [0.1, 0.15) is 6.33 Å². The molecular weight excluding hydrogens is 274 g/mol. The maximum Gasteiger partial charge on any atom is 0.170 e. The molecule has 3 nitrogen and oxygen atoms in total. The monoisotopic (exact) mass is 291 g/mol. The van der Waals surface area contributed by atoms with Gasteiger partial charge in [0.05, 0.1) is 0 Å². The van der Waals surface area contributed by atoms with Gasteiger partial charge in [-0.1, -0.05) is 36.0 Å². The average molecular weight is 291 g/mol. The van der Waals surface area contributed by atoms with Crippen LogP contribution in [0.5, 0.6) is 0 Å². The Kier molecular flexibility index (Phi) is 4.15. The molecule has 1 aromatic carbocycles. The van der Waals surface area contributed by atoms with Gasteiger partial charge in [-0.2, -0.15) is 4.37 Å². The van der Waals surface area contributed by atoms with Crippen molar-refractivity contribution in [2.24, 2.45) is 0 Å². The van der Waals surface area contributed by atoms with Crippen LogP contribution in [0.15, 0.2) is 34.9 Å². The Morgan fingerprint density at radius 1 is 1.37 bits per heavy atom. The van der Waals surface area contributed by atoms with Gasteiger partial charge in [0.2, 0.25) is 0 Å². The number of nitrogens with zero attached hydrogens (tertiary/aromatic N) is 2. The van der Waals surface area contributed by atoms with Gasteiger partial charge in [0, 0.05) is 11.3 Å². The molecule has 19 heavy (non-hydrogen) atoms. The Labute approximate surface area is 122 Å². The van der Waals surface area contributed by atoms with Crippen molar-refractivity contribution in [3.8, 4) is 0 Å². The molecule has 3 rings (SSSR count). The SMILES string of the molecule is CNC1c2ccccc2CCCC1Sc1ncns1. The fraction of sp³-hybridized carbons (Fsp3) is 0.429. The molecule has 2 unspecified atom stereocenters. The highest BCUT2D eigenvalue weighted by Gasteiger charge is 2.27. The van der Waals surface area contributed by atoms with E-state index in [0.717, 1.165) is 4.34 Å². The molecule has 100 valence electrons.